The largest absolute Gasteiger partial charge is 0.395 e. The Labute approximate surface area is 133 Å². The lowest BCUT2D eigenvalue weighted by Gasteiger charge is -2.08. The topological polar surface area (TPSA) is 115 Å². The minimum atomic E-state index is -0.000754. The minimum Gasteiger partial charge on any atom is -0.395 e. The molecule has 3 aromatic heterocycles. The smallest absolute Gasteiger partial charge is 0.223 e. The Hall–Kier alpha value is -3.00. The zero-order valence-electron chi connectivity index (χ0n) is 12.6. The average Bonchev–Trinajstić information content (AvgIpc) is 3.00. The van der Waals surface area contributed by atoms with E-state index in [0.717, 1.165) is 16.8 Å². The van der Waals surface area contributed by atoms with Gasteiger partial charge in [0, 0.05) is 37.1 Å². The van der Waals surface area contributed by atoms with Crippen molar-refractivity contribution in [3.8, 4) is 22.5 Å². The van der Waals surface area contributed by atoms with Crippen molar-refractivity contribution in [2.24, 2.45) is 7.05 Å². The van der Waals surface area contributed by atoms with Crippen LogP contribution in [0.25, 0.3) is 22.5 Å². The molecule has 0 aliphatic carbocycles. The molecule has 0 bridgehead atoms. The number of aliphatic hydroxyl groups excluding tert-OH is 1. The summed E-state index contributed by atoms with van der Waals surface area (Å²) in [5.41, 5.74) is 8.79. The molecule has 0 saturated carbocycles. The van der Waals surface area contributed by atoms with Gasteiger partial charge in [-0.1, -0.05) is 0 Å². The molecular formula is C15H17N7O. The molecule has 0 fully saturated rings. The zero-order valence-corrected chi connectivity index (χ0v) is 12.6. The average molecular weight is 311 g/mol. The van der Waals surface area contributed by atoms with Crippen molar-refractivity contribution in [1.82, 2.24) is 24.7 Å². The Bertz CT molecular complexity index is 798. The van der Waals surface area contributed by atoms with Gasteiger partial charge in [0.2, 0.25) is 5.95 Å². The van der Waals surface area contributed by atoms with Crippen LogP contribution in [-0.4, -0.2) is 43.0 Å². The number of anilines is 2. The van der Waals surface area contributed by atoms with Crippen LogP contribution < -0.4 is 11.1 Å². The van der Waals surface area contributed by atoms with Gasteiger partial charge < -0.3 is 16.2 Å². The van der Waals surface area contributed by atoms with Gasteiger partial charge in [-0.15, -0.1) is 0 Å². The highest BCUT2D eigenvalue weighted by molar-refractivity contribution is 5.68. The number of nitrogens with one attached hydrogen (secondary N) is 1. The van der Waals surface area contributed by atoms with E-state index in [1.54, 1.807) is 23.1 Å². The Kier molecular flexibility index (Phi) is 4.15. The van der Waals surface area contributed by atoms with Gasteiger partial charge in [0.15, 0.2) is 0 Å². The van der Waals surface area contributed by atoms with Crippen molar-refractivity contribution in [3.05, 3.63) is 36.8 Å². The molecule has 4 N–H and O–H groups in total. The maximum atomic E-state index is 8.98. The van der Waals surface area contributed by atoms with Gasteiger partial charge in [0.05, 0.1) is 24.2 Å². The molecule has 23 heavy (non-hydrogen) atoms. The molecule has 8 heteroatoms. The molecule has 0 unspecified atom stereocenters. The van der Waals surface area contributed by atoms with Crippen molar-refractivity contribution < 1.29 is 5.11 Å². The lowest BCUT2D eigenvalue weighted by Crippen LogP contribution is -2.09. The fourth-order valence-corrected chi connectivity index (χ4v) is 2.10. The van der Waals surface area contributed by atoms with Crippen molar-refractivity contribution >= 4 is 11.8 Å². The minimum absolute atomic E-state index is 0.000754. The summed E-state index contributed by atoms with van der Waals surface area (Å²) in [7, 11) is 1.85. The SMILES string of the molecule is Cn1cc(-c2cc(-c3ccc(N)nc3)nc(NCCO)n2)cn1. The van der Waals surface area contributed by atoms with Crippen LogP contribution in [0.5, 0.6) is 0 Å². The van der Waals surface area contributed by atoms with Crippen LogP contribution in [0.4, 0.5) is 11.8 Å². The van der Waals surface area contributed by atoms with Crippen molar-refractivity contribution in [2.45, 2.75) is 0 Å². The highest BCUT2D eigenvalue weighted by atomic mass is 16.3. The highest BCUT2D eigenvalue weighted by Crippen LogP contribution is 2.24. The summed E-state index contributed by atoms with van der Waals surface area (Å²) in [5, 5.41) is 16.1. The van der Waals surface area contributed by atoms with E-state index < -0.39 is 0 Å². The third-order valence-electron chi connectivity index (χ3n) is 3.20. The van der Waals surface area contributed by atoms with Gasteiger partial charge in [0.1, 0.15) is 5.82 Å². The van der Waals surface area contributed by atoms with Crippen LogP contribution >= 0.6 is 0 Å². The molecule has 0 saturated heterocycles. The molecule has 3 heterocycles. The van der Waals surface area contributed by atoms with Gasteiger partial charge >= 0.3 is 0 Å². The number of rotatable bonds is 5. The third-order valence-corrected chi connectivity index (χ3v) is 3.20. The Balaban J connectivity index is 2.05. The van der Waals surface area contributed by atoms with Gasteiger partial charge in [-0.3, -0.25) is 4.68 Å². The lowest BCUT2D eigenvalue weighted by molar-refractivity contribution is 0.311. The Morgan fingerprint density at radius 3 is 2.57 bits per heavy atom. The number of pyridine rings is 1. The molecule has 3 aromatic rings. The molecule has 3 rings (SSSR count). The van der Waals surface area contributed by atoms with Crippen LogP contribution in [0.15, 0.2) is 36.8 Å². The molecule has 0 aliphatic heterocycles. The number of hydrogen-bond donors (Lipinski definition) is 3. The van der Waals surface area contributed by atoms with E-state index in [1.807, 2.05) is 25.4 Å². The van der Waals surface area contributed by atoms with Crippen LogP contribution in [0.2, 0.25) is 0 Å². The monoisotopic (exact) mass is 311 g/mol. The number of aryl methyl sites for hydroxylation is 1. The van der Waals surface area contributed by atoms with Crippen LogP contribution in [0.1, 0.15) is 0 Å². The summed E-state index contributed by atoms with van der Waals surface area (Å²) in [5.74, 6) is 0.890. The summed E-state index contributed by atoms with van der Waals surface area (Å²) in [4.78, 5) is 13.0. The predicted molar refractivity (Wildman–Crippen MR) is 87.5 cm³/mol. The number of aliphatic hydroxyl groups is 1. The second kappa shape index (κ2) is 6.41. The highest BCUT2D eigenvalue weighted by Gasteiger charge is 2.10. The predicted octanol–water partition coefficient (Wildman–Crippen LogP) is 0.925. The Morgan fingerprint density at radius 2 is 1.96 bits per heavy atom. The molecule has 0 aliphatic rings. The standard InChI is InChI=1S/C15H17N7O/c1-22-9-11(8-19-22)13-6-12(10-2-3-14(16)18-7-10)20-15(21-13)17-4-5-23/h2-3,6-9,23H,4-5H2,1H3,(H2,16,18)(H,17,20,21). The maximum Gasteiger partial charge on any atom is 0.223 e. The van der Waals surface area contributed by atoms with Crippen molar-refractivity contribution in [2.75, 3.05) is 24.2 Å². The molecule has 0 radical (unpaired) electrons. The first-order valence-electron chi connectivity index (χ1n) is 7.10. The first-order valence-corrected chi connectivity index (χ1v) is 7.10. The van der Waals surface area contributed by atoms with E-state index in [9.17, 15) is 0 Å². The summed E-state index contributed by atoms with van der Waals surface area (Å²) < 4.78 is 1.71. The number of nitrogens with two attached hydrogens (primary N) is 1. The van der Waals surface area contributed by atoms with Gasteiger partial charge in [-0.2, -0.15) is 5.10 Å². The molecule has 8 nitrogen and oxygen atoms in total. The van der Waals surface area contributed by atoms with Crippen molar-refractivity contribution in [1.29, 1.82) is 0 Å². The number of nitrogens with zero attached hydrogens (tertiary/aromatic N) is 5. The molecule has 0 aromatic carbocycles. The second-order valence-corrected chi connectivity index (χ2v) is 4.99. The first kappa shape index (κ1) is 14.9. The third kappa shape index (κ3) is 3.43. The lowest BCUT2D eigenvalue weighted by atomic mass is 10.1. The number of nitrogen functional groups attached to an aromatic ring is 1. The molecule has 0 atom stereocenters. The molecule has 0 amide bonds. The number of aromatic nitrogens is 5. The second-order valence-electron chi connectivity index (χ2n) is 4.99. The molecular weight excluding hydrogens is 294 g/mol. The van der Waals surface area contributed by atoms with Gasteiger partial charge in [0.25, 0.3) is 0 Å². The maximum absolute atomic E-state index is 8.98. The van der Waals surface area contributed by atoms with Crippen molar-refractivity contribution in [3.63, 3.8) is 0 Å². The molecule has 0 spiro atoms. The van der Waals surface area contributed by atoms with E-state index >= 15 is 0 Å². The van der Waals surface area contributed by atoms with Crippen LogP contribution in [0, 0.1) is 0 Å². The Morgan fingerprint density at radius 1 is 1.17 bits per heavy atom. The van der Waals surface area contributed by atoms with Crippen LogP contribution in [-0.2, 0) is 7.05 Å². The zero-order chi connectivity index (χ0) is 16.2. The molecule has 118 valence electrons. The quantitative estimate of drug-likeness (QED) is 0.642. The van der Waals surface area contributed by atoms with E-state index in [2.05, 4.69) is 25.4 Å². The number of hydrogen-bond acceptors (Lipinski definition) is 7. The van der Waals surface area contributed by atoms with Gasteiger partial charge in [-0.05, 0) is 18.2 Å². The first-order chi connectivity index (χ1) is 11.2. The van der Waals surface area contributed by atoms with E-state index in [4.69, 9.17) is 10.8 Å². The summed E-state index contributed by atoms with van der Waals surface area (Å²) in [6, 6.07) is 5.45. The fourth-order valence-electron chi connectivity index (χ4n) is 2.10. The van der Waals surface area contributed by atoms with Gasteiger partial charge in [-0.25, -0.2) is 15.0 Å². The fraction of sp³-hybridized carbons (Fsp3) is 0.200. The summed E-state index contributed by atoms with van der Waals surface area (Å²) >= 11 is 0. The summed E-state index contributed by atoms with van der Waals surface area (Å²) in [6.45, 7) is 0.370. The van der Waals surface area contributed by atoms with E-state index in [0.29, 0.717) is 24.0 Å². The normalized spacial score (nSPS) is 10.7. The van der Waals surface area contributed by atoms with Crippen LogP contribution in [0.3, 0.4) is 0 Å². The van der Waals surface area contributed by atoms with E-state index in [-0.39, 0.29) is 6.61 Å². The van der Waals surface area contributed by atoms with E-state index in [1.165, 1.54) is 0 Å². The summed E-state index contributed by atoms with van der Waals surface area (Å²) in [6.07, 6.45) is 5.28.